The van der Waals surface area contributed by atoms with E-state index in [9.17, 15) is 9.18 Å². The van der Waals surface area contributed by atoms with E-state index in [0.29, 0.717) is 40.7 Å². The van der Waals surface area contributed by atoms with Gasteiger partial charge in [0, 0.05) is 5.56 Å². The third-order valence-electron chi connectivity index (χ3n) is 4.60. The van der Waals surface area contributed by atoms with Crippen molar-refractivity contribution in [2.75, 3.05) is 20.8 Å². The van der Waals surface area contributed by atoms with E-state index >= 15 is 0 Å². The fourth-order valence-electron chi connectivity index (χ4n) is 2.94. The molecule has 0 heterocycles. The third kappa shape index (κ3) is 6.46. The zero-order valence-electron chi connectivity index (χ0n) is 18.6. The van der Waals surface area contributed by atoms with Crippen molar-refractivity contribution in [3.8, 4) is 23.0 Å². The van der Waals surface area contributed by atoms with Crippen molar-refractivity contribution in [1.29, 1.82) is 0 Å². The number of nitrogens with zero attached hydrogens (tertiary/aromatic N) is 1. The number of nitrogens with one attached hydrogen (secondary N) is 1. The monoisotopic (exact) mass is 452 g/mol. The van der Waals surface area contributed by atoms with Crippen LogP contribution in [0.15, 0.2) is 65.8 Å². The molecule has 0 aliphatic carbocycles. The first-order chi connectivity index (χ1) is 16.0. The quantitative estimate of drug-likeness (QED) is 0.360. The van der Waals surface area contributed by atoms with E-state index in [0.717, 1.165) is 5.56 Å². The van der Waals surface area contributed by atoms with E-state index in [1.54, 1.807) is 48.5 Å². The van der Waals surface area contributed by atoms with Crippen LogP contribution >= 0.6 is 0 Å². The van der Waals surface area contributed by atoms with Crippen LogP contribution in [-0.2, 0) is 6.61 Å². The average Bonchev–Trinajstić information content (AvgIpc) is 2.84. The molecule has 3 rings (SSSR count). The lowest BCUT2D eigenvalue weighted by atomic mass is 10.2. The molecule has 0 bridgehead atoms. The average molecular weight is 452 g/mol. The van der Waals surface area contributed by atoms with Crippen LogP contribution in [0.2, 0.25) is 0 Å². The Morgan fingerprint density at radius 1 is 0.909 bits per heavy atom. The number of halogens is 1. The summed E-state index contributed by atoms with van der Waals surface area (Å²) in [6, 6.07) is 16.2. The number of carbonyl (C=O) groups is 1. The molecule has 3 aromatic rings. The van der Waals surface area contributed by atoms with Crippen LogP contribution in [0.1, 0.15) is 28.4 Å². The van der Waals surface area contributed by atoms with E-state index < -0.39 is 0 Å². The predicted octanol–water partition coefficient (Wildman–Crippen LogP) is 4.58. The minimum atomic E-state index is -0.388. The highest BCUT2D eigenvalue weighted by atomic mass is 19.1. The van der Waals surface area contributed by atoms with Crippen LogP contribution in [0, 0.1) is 5.82 Å². The molecule has 0 unspecified atom stereocenters. The molecule has 7 nitrogen and oxygen atoms in total. The molecule has 0 atom stereocenters. The van der Waals surface area contributed by atoms with E-state index in [-0.39, 0.29) is 18.3 Å². The van der Waals surface area contributed by atoms with Crippen molar-refractivity contribution in [3.05, 3.63) is 83.2 Å². The second kappa shape index (κ2) is 11.5. The van der Waals surface area contributed by atoms with Crippen molar-refractivity contribution in [1.82, 2.24) is 5.43 Å². The van der Waals surface area contributed by atoms with Gasteiger partial charge in [-0.25, -0.2) is 9.82 Å². The molecule has 0 saturated heterocycles. The fraction of sp³-hybridized carbons (Fsp3) is 0.200. The summed E-state index contributed by atoms with van der Waals surface area (Å²) >= 11 is 0. The number of methoxy groups -OCH3 is 2. The summed E-state index contributed by atoms with van der Waals surface area (Å²) in [5.41, 5.74) is 4.41. The molecule has 0 aromatic heterocycles. The Balaban J connectivity index is 1.63. The normalized spacial score (nSPS) is 10.7. The first-order valence-electron chi connectivity index (χ1n) is 10.2. The topological polar surface area (TPSA) is 78.4 Å². The number of hydrogen-bond acceptors (Lipinski definition) is 6. The summed E-state index contributed by atoms with van der Waals surface area (Å²) in [7, 11) is 3.07. The number of hydrazone groups is 1. The van der Waals surface area contributed by atoms with Gasteiger partial charge in [-0.15, -0.1) is 0 Å². The molecule has 0 spiro atoms. The predicted molar refractivity (Wildman–Crippen MR) is 123 cm³/mol. The lowest BCUT2D eigenvalue weighted by molar-refractivity contribution is 0.0954. The van der Waals surface area contributed by atoms with Gasteiger partial charge in [-0.2, -0.15) is 5.10 Å². The van der Waals surface area contributed by atoms with Crippen molar-refractivity contribution in [2.24, 2.45) is 5.10 Å². The lowest BCUT2D eigenvalue weighted by Crippen LogP contribution is -2.17. The van der Waals surface area contributed by atoms with Crippen LogP contribution in [-0.4, -0.2) is 32.9 Å². The molecule has 1 amide bonds. The van der Waals surface area contributed by atoms with E-state index in [1.807, 2.05) is 6.92 Å². The number of carbonyl (C=O) groups excluding carboxylic acids is 1. The molecule has 0 aliphatic rings. The number of rotatable bonds is 10. The standard InChI is InChI=1S/C25H25FN2O5/c1-4-32-24-14-19(8-12-21(24)30-2)25(29)28-27-15-18-7-11-22(23(13-18)31-3)33-16-17-5-9-20(26)10-6-17/h5-15H,4,16H2,1-3H3,(H,28,29)/b27-15+. The fourth-order valence-corrected chi connectivity index (χ4v) is 2.94. The van der Waals surface area contributed by atoms with Gasteiger partial charge in [0.25, 0.3) is 5.91 Å². The van der Waals surface area contributed by atoms with Gasteiger partial charge in [-0.05, 0) is 66.6 Å². The minimum absolute atomic E-state index is 0.270. The van der Waals surface area contributed by atoms with E-state index in [2.05, 4.69) is 10.5 Å². The molecule has 172 valence electrons. The van der Waals surface area contributed by atoms with Gasteiger partial charge in [0.15, 0.2) is 23.0 Å². The Morgan fingerprint density at radius 3 is 2.33 bits per heavy atom. The molecule has 1 N–H and O–H groups in total. The molecule has 33 heavy (non-hydrogen) atoms. The van der Waals surface area contributed by atoms with Crippen molar-refractivity contribution < 1.29 is 28.1 Å². The van der Waals surface area contributed by atoms with Crippen LogP contribution in [0.25, 0.3) is 0 Å². The minimum Gasteiger partial charge on any atom is -0.493 e. The molecular weight excluding hydrogens is 427 g/mol. The zero-order valence-corrected chi connectivity index (χ0v) is 18.6. The largest absolute Gasteiger partial charge is 0.493 e. The molecule has 0 radical (unpaired) electrons. The van der Waals surface area contributed by atoms with Gasteiger partial charge in [0.1, 0.15) is 12.4 Å². The number of amides is 1. The molecule has 0 fully saturated rings. The summed E-state index contributed by atoms with van der Waals surface area (Å²) < 4.78 is 34.9. The Hall–Kier alpha value is -4.07. The highest BCUT2D eigenvalue weighted by Gasteiger charge is 2.11. The number of hydrogen-bond donors (Lipinski definition) is 1. The van der Waals surface area contributed by atoms with Gasteiger partial charge in [0.05, 0.1) is 27.0 Å². The Bertz CT molecular complexity index is 1120. The van der Waals surface area contributed by atoms with E-state index in [4.69, 9.17) is 18.9 Å². The molecule has 3 aromatic carbocycles. The zero-order chi connectivity index (χ0) is 23.6. The van der Waals surface area contributed by atoms with Gasteiger partial charge in [-0.1, -0.05) is 12.1 Å². The second-order valence-electron chi connectivity index (χ2n) is 6.82. The van der Waals surface area contributed by atoms with E-state index in [1.165, 1.54) is 32.6 Å². The first-order valence-corrected chi connectivity index (χ1v) is 10.2. The molecular formula is C25H25FN2O5. The Labute approximate surface area is 191 Å². The molecule has 8 heteroatoms. The van der Waals surface area contributed by atoms with Crippen molar-refractivity contribution in [2.45, 2.75) is 13.5 Å². The lowest BCUT2D eigenvalue weighted by Gasteiger charge is -2.11. The highest BCUT2D eigenvalue weighted by molar-refractivity contribution is 5.95. The smallest absolute Gasteiger partial charge is 0.271 e. The second-order valence-corrected chi connectivity index (χ2v) is 6.82. The van der Waals surface area contributed by atoms with Crippen LogP contribution < -0.4 is 24.4 Å². The first kappa shape index (κ1) is 23.6. The summed E-state index contributed by atoms with van der Waals surface area (Å²) in [6.45, 7) is 2.57. The summed E-state index contributed by atoms with van der Waals surface area (Å²) in [6.07, 6.45) is 1.50. The van der Waals surface area contributed by atoms with Crippen LogP contribution in [0.4, 0.5) is 4.39 Å². The van der Waals surface area contributed by atoms with Crippen LogP contribution in [0.3, 0.4) is 0 Å². The van der Waals surface area contributed by atoms with Gasteiger partial charge in [0.2, 0.25) is 0 Å². The SMILES string of the molecule is CCOc1cc(C(=O)N/N=C/c2ccc(OCc3ccc(F)cc3)c(OC)c2)ccc1OC. The maximum absolute atomic E-state index is 13.0. The van der Waals surface area contributed by atoms with Crippen molar-refractivity contribution >= 4 is 12.1 Å². The Morgan fingerprint density at radius 2 is 1.64 bits per heavy atom. The Kier molecular flexibility index (Phi) is 8.24. The number of ether oxygens (including phenoxy) is 4. The summed E-state index contributed by atoms with van der Waals surface area (Å²) in [4.78, 5) is 12.4. The molecule has 0 saturated carbocycles. The van der Waals surface area contributed by atoms with Crippen molar-refractivity contribution in [3.63, 3.8) is 0 Å². The highest BCUT2D eigenvalue weighted by Crippen LogP contribution is 2.29. The summed E-state index contributed by atoms with van der Waals surface area (Å²) in [5.74, 6) is 1.38. The third-order valence-corrected chi connectivity index (χ3v) is 4.60. The van der Waals surface area contributed by atoms with Gasteiger partial charge < -0.3 is 18.9 Å². The number of benzene rings is 3. The summed E-state index contributed by atoms with van der Waals surface area (Å²) in [5, 5.41) is 4.01. The van der Waals surface area contributed by atoms with Crippen LogP contribution in [0.5, 0.6) is 23.0 Å². The van der Waals surface area contributed by atoms with Gasteiger partial charge >= 0.3 is 0 Å². The van der Waals surface area contributed by atoms with Gasteiger partial charge in [-0.3, -0.25) is 4.79 Å². The maximum atomic E-state index is 13.0. The maximum Gasteiger partial charge on any atom is 0.271 e. The molecule has 0 aliphatic heterocycles.